The van der Waals surface area contributed by atoms with Gasteiger partial charge in [0.25, 0.3) is 0 Å². The standard InChI is InChI=1S/C10H22O3SSi/c1-8(2)12-15(6,13-9(3)4)7-10(14)11-5/h8-9H,7H2,1-6H3. The highest BCUT2D eigenvalue weighted by Crippen LogP contribution is 2.19. The SMILES string of the molecule is COC(=S)C[Si](C)(OC(C)C)OC(C)C. The van der Waals surface area contributed by atoms with Crippen LogP contribution < -0.4 is 0 Å². The van der Waals surface area contributed by atoms with E-state index in [-0.39, 0.29) is 12.2 Å². The van der Waals surface area contributed by atoms with E-state index in [2.05, 4.69) is 0 Å². The molecule has 5 heteroatoms. The van der Waals surface area contributed by atoms with Crippen LogP contribution in [0, 0.1) is 0 Å². The molecule has 0 bridgehead atoms. The summed E-state index contributed by atoms with van der Waals surface area (Å²) < 4.78 is 16.8. The Hall–Kier alpha value is 0.0269. The maximum atomic E-state index is 5.87. The van der Waals surface area contributed by atoms with Crippen molar-refractivity contribution in [3.8, 4) is 0 Å². The fourth-order valence-corrected chi connectivity index (χ4v) is 5.11. The highest BCUT2D eigenvalue weighted by molar-refractivity contribution is 7.80. The largest absolute Gasteiger partial charge is 0.490 e. The number of hydrogen-bond donors (Lipinski definition) is 0. The minimum atomic E-state index is -2.23. The van der Waals surface area contributed by atoms with Gasteiger partial charge in [0, 0.05) is 12.2 Å². The first-order valence-electron chi connectivity index (χ1n) is 5.21. The summed E-state index contributed by atoms with van der Waals surface area (Å²) in [5.41, 5.74) is 0. The molecule has 0 aromatic carbocycles. The zero-order valence-electron chi connectivity index (χ0n) is 10.5. The lowest BCUT2D eigenvalue weighted by Crippen LogP contribution is -2.44. The molecule has 3 nitrogen and oxygen atoms in total. The Bertz CT molecular complexity index is 197. The summed E-state index contributed by atoms with van der Waals surface area (Å²) in [7, 11) is -0.641. The number of hydrogen-bond acceptors (Lipinski definition) is 4. The van der Waals surface area contributed by atoms with E-state index in [4.69, 9.17) is 25.8 Å². The highest BCUT2D eigenvalue weighted by Gasteiger charge is 2.35. The molecule has 15 heavy (non-hydrogen) atoms. The number of thiocarbonyl (C=S) groups is 1. The van der Waals surface area contributed by atoms with Crippen LogP contribution in [0.1, 0.15) is 27.7 Å². The maximum Gasteiger partial charge on any atom is 0.344 e. The van der Waals surface area contributed by atoms with E-state index < -0.39 is 8.56 Å². The van der Waals surface area contributed by atoms with Crippen molar-refractivity contribution in [2.45, 2.75) is 52.5 Å². The Labute approximate surface area is 99.4 Å². The molecule has 0 unspecified atom stereocenters. The van der Waals surface area contributed by atoms with E-state index in [0.717, 1.165) is 0 Å². The monoisotopic (exact) mass is 250 g/mol. The van der Waals surface area contributed by atoms with E-state index in [1.807, 2.05) is 34.2 Å². The van der Waals surface area contributed by atoms with E-state index in [9.17, 15) is 0 Å². The molecule has 0 aliphatic rings. The van der Waals surface area contributed by atoms with Crippen molar-refractivity contribution in [2.75, 3.05) is 7.11 Å². The van der Waals surface area contributed by atoms with Crippen molar-refractivity contribution < 1.29 is 13.6 Å². The van der Waals surface area contributed by atoms with Crippen molar-refractivity contribution in [3.63, 3.8) is 0 Å². The fourth-order valence-electron chi connectivity index (χ4n) is 1.44. The molecule has 0 radical (unpaired) electrons. The van der Waals surface area contributed by atoms with Crippen LogP contribution in [0.15, 0.2) is 0 Å². The fraction of sp³-hybridized carbons (Fsp3) is 0.900. The van der Waals surface area contributed by atoms with Crippen molar-refractivity contribution >= 4 is 25.8 Å². The van der Waals surface area contributed by atoms with Gasteiger partial charge in [-0.05, 0) is 46.5 Å². The average molecular weight is 250 g/mol. The smallest absolute Gasteiger partial charge is 0.344 e. The molecule has 0 N–H and O–H groups in total. The molecule has 0 rings (SSSR count). The second-order valence-corrected chi connectivity index (χ2v) is 7.77. The molecule has 0 aliphatic carbocycles. The van der Waals surface area contributed by atoms with Crippen LogP contribution in [0.4, 0.5) is 0 Å². The van der Waals surface area contributed by atoms with E-state index in [1.54, 1.807) is 7.11 Å². The Balaban J connectivity index is 4.46. The molecule has 0 saturated heterocycles. The van der Waals surface area contributed by atoms with E-state index >= 15 is 0 Å². The average Bonchev–Trinajstić information content (AvgIpc) is 1.99. The van der Waals surface area contributed by atoms with Gasteiger partial charge >= 0.3 is 8.56 Å². The summed E-state index contributed by atoms with van der Waals surface area (Å²) in [4.78, 5) is 0. The lowest BCUT2D eigenvalue weighted by molar-refractivity contribution is 0.111. The van der Waals surface area contributed by atoms with Gasteiger partial charge in [-0.1, -0.05) is 0 Å². The van der Waals surface area contributed by atoms with Crippen LogP contribution >= 0.6 is 12.2 Å². The van der Waals surface area contributed by atoms with E-state index in [0.29, 0.717) is 11.1 Å². The van der Waals surface area contributed by atoms with Gasteiger partial charge in [0.15, 0.2) is 5.05 Å². The van der Waals surface area contributed by atoms with Crippen LogP contribution in [0.3, 0.4) is 0 Å². The van der Waals surface area contributed by atoms with Crippen molar-refractivity contribution in [1.29, 1.82) is 0 Å². The zero-order valence-corrected chi connectivity index (χ0v) is 12.3. The topological polar surface area (TPSA) is 27.7 Å². The molecule has 0 spiro atoms. The number of methoxy groups -OCH3 is 1. The van der Waals surface area contributed by atoms with Gasteiger partial charge < -0.3 is 13.6 Å². The molecule has 0 atom stereocenters. The molecule has 0 aromatic rings. The van der Waals surface area contributed by atoms with Crippen molar-refractivity contribution in [2.24, 2.45) is 0 Å². The summed E-state index contributed by atoms with van der Waals surface area (Å²) in [5, 5.41) is 0.561. The second kappa shape index (κ2) is 6.58. The van der Waals surface area contributed by atoms with Gasteiger partial charge in [0.2, 0.25) is 0 Å². The third-order valence-electron chi connectivity index (χ3n) is 1.66. The summed E-state index contributed by atoms with van der Waals surface area (Å²) in [6.07, 6.45) is 0.306. The van der Waals surface area contributed by atoms with E-state index in [1.165, 1.54) is 0 Å². The normalized spacial score (nSPS) is 12.3. The highest BCUT2D eigenvalue weighted by atomic mass is 32.1. The van der Waals surface area contributed by atoms with Crippen LogP contribution in [-0.4, -0.2) is 32.9 Å². The first-order chi connectivity index (χ1) is 6.79. The summed E-state index contributed by atoms with van der Waals surface area (Å²) in [6, 6.07) is 0.606. The molecule has 0 amide bonds. The quantitative estimate of drug-likeness (QED) is 0.535. The van der Waals surface area contributed by atoms with Crippen LogP contribution in [0.25, 0.3) is 0 Å². The molecule has 0 saturated carbocycles. The molecule has 0 aromatic heterocycles. The van der Waals surface area contributed by atoms with Crippen molar-refractivity contribution in [3.05, 3.63) is 0 Å². The van der Waals surface area contributed by atoms with Gasteiger partial charge in [-0.25, -0.2) is 0 Å². The minimum Gasteiger partial charge on any atom is -0.490 e. The Morgan fingerprint density at radius 1 is 1.13 bits per heavy atom. The summed E-state index contributed by atoms with van der Waals surface area (Å²) in [5.74, 6) is 0. The lowest BCUT2D eigenvalue weighted by atomic mass is 10.5. The molecular weight excluding hydrogens is 228 g/mol. The second-order valence-electron chi connectivity index (χ2n) is 4.22. The predicted molar refractivity (Wildman–Crippen MR) is 68.5 cm³/mol. The first-order valence-corrected chi connectivity index (χ1v) is 8.14. The molecule has 90 valence electrons. The van der Waals surface area contributed by atoms with Crippen LogP contribution in [0.5, 0.6) is 0 Å². The molecular formula is C10H22O3SSi. The van der Waals surface area contributed by atoms with Gasteiger partial charge in [0.05, 0.1) is 13.2 Å². The predicted octanol–water partition coefficient (Wildman–Crippen LogP) is 2.88. The molecule has 0 fully saturated rings. The van der Waals surface area contributed by atoms with Crippen LogP contribution in [0.2, 0.25) is 12.6 Å². The Kier molecular flexibility index (Phi) is 6.59. The van der Waals surface area contributed by atoms with Gasteiger partial charge in [0.1, 0.15) is 0 Å². The minimum absolute atomic E-state index is 0.153. The third kappa shape index (κ3) is 7.00. The third-order valence-corrected chi connectivity index (χ3v) is 5.13. The number of rotatable bonds is 6. The summed E-state index contributed by atoms with van der Waals surface area (Å²) in [6.45, 7) is 10.0. The zero-order chi connectivity index (χ0) is 12.1. The van der Waals surface area contributed by atoms with Gasteiger partial charge in [-0.2, -0.15) is 0 Å². The Morgan fingerprint density at radius 3 is 1.80 bits per heavy atom. The summed E-state index contributed by atoms with van der Waals surface area (Å²) >= 11 is 5.06. The van der Waals surface area contributed by atoms with Crippen LogP contribution in [-0.2, 0) is 13.6 Å². The maximum absolute atomic E-state index is 5.87. The van der Waals surface area contributed by atoms with Gasteiger partial charge in [-0.3, -0.25) is 0 Å². The lowest BCUT2D eigenvalue weighted by Gasteiger charge is -2.30. The number of ether oxygens (including phenoxy) is 1. The molecule has 0 heterocycles. The Morgan fingerprint density at radius 2 is 1.53 bits per heavy atom. The first kappa shape index (κ1) is 15.0. The molecule has 0 aliphatic heterocycles. The van der Waals surface area contributed by atoms with Crippen molar-refractivity contribution in [1.82, 2.24) is 0 Å². The van der Waals surface area contributed by atoms with Gasteiger partial charge in [-0.15, -0.1) is 0 Å².